The monoisotopic (exact) mass is 493 g/mol. The third-order valence-electron chi connectivity index (χ3n) is 6.23. The second-order valence-corrected chi connectivity index (χ2v) is 9.65. The summed E-state index contributed by atoms with van der Waals surface area (Å²) in [7, 11) is 0. The molecule has 0 aliphatic rings. The van der Waals surface area contributed by atoms with Gasteiger partial charge < -0.3 is 0 Å². The molecule has 36 heavy (non-hydrogen) atoms. The van der Waals surface area contributed by atoms with Gasteiger partial charge in [-0.1, -0.05) is 75.7 Å². The molecule has 0 bridgehead atoms. The number of tetrazole rings is 1. The van der Waals surface area contributed by atoms with Crippen LogP contribution in [0.3, 0.4) is 0 Å². The Labute approximate surface area is 210 Å². The SMILES string of the molecule is CCCCC(F)(F)c1nc(CCC(C)C)n(Cc2ccc(Cc3ccccc3-c3nnn[nH]3)cc2)n1. The number of nitrogens with one attached hydrogen (secondary N) is 1. The first-order chi connectivity index (χ1) is 17.4. The van der Waals surface area contributed by atoms with Gasteiger partial charge in [-0.05, 0) is 52.3 Å². The van der Waals surface area contributed by atoms with Crippen LogP contribution in [0, 0.1) is 5.92 Å². The molecule has 1 N–H and O–H groups in total. The minimum atomic E-state index is -3.01. The molecule has 0 saturated heterocycles. The van der Waals surface area contributed by atoms with Gasteiger partial charge in [-0.15, -0.1) is 10.2 Å². The van der Waals surface area contributed by atoms with Crippen LogP contribution in [-0.2, 0) is 25.3 Å². The number of aryl methyl sites for hydroxylation is 1. The molecule has 0 fully saturated rings. The summed E-state index contributed by atoms with van der Waals surface area (Å²) in [6, 6.07) is 16.2. The zero-order valence-electron chi connectivity index (χ0n) is 21.1. The molecule has 0 aliphatic carbocycles. The van der Waals surface area contributed by atoms with Crippen LogP contribution in [0.4, 0.5) is 8.78 Å². The van der Waals surface area contributed by atoms with Crippen molar-refractivity contribution in [3.8, 4) is 11.4 Å². The van der Waals surface area contributed by atoms with Gasteiger partial charge in [0, 0.05) is 18.4 Å². The molecule has 0 aliphatic heterocycles. The average molecular weight is 494 g/mol. The van der Waals surface area contributed by atoms with Crippen molar-refractivity contribution in [2.75, 3.05) is 0 Å². The summed E-state index contributed by atoms with van der Waals surface area (Å²) in [6.07, 6.45) is 3.14. The summed E-state index contributed by atoms with van der Waals surface area (Å²) in [5.41, 5.74) is 4.19. The summed E-state index contributed by atoms with van der Waals surface area (Å²) in [5.74, 6) is -1.66. The summed E-state index contributed by atoms with van der Waals surface area (Å²) >= 11 is 0. The fraction of sp³-hybridized carbons (Fsp3) is 0.444. The van der Waals surface area contributed by atoms with Crippen molar-refractivity contribution in [3.63, 3.8) is 0 Å². The smallest absolute Gasteiger partial charge is 0.245 e. The van der Waals surface area contributed by atoms with Gasteiger partial charge in [0.05, 0.1) is 6.54 Å². The molecule has 7 nitrogen and oxygen atoms in total. The molecule has 0 amide bonds. The number of benzene rings is 2. The van der Waals surface area contributed by atoms with Crippen LogP contribution in [0.25, 0.3) is 11.4 Å². The van der Waals surface area contributed by atoms with Gasteiger partial charge in [-0.3, -0.25) is 0 Å². The van der Waals surface area contributed by atoms with E-state index in [1.807, 2.05) is 37.3 Å². The topological polar surface area (TPSA) is 85.2 Å². The normalized spacial score (nSPS) is 11.9. The van der Waals surface area contributed by atoms with E-state index in [9.17, 15) is 8.78 Å². The van der Waals surface area contributed by atoms with Gasteiger partial charge >= 0.3 is 5.92 Å². The van der Waals surface area contributed by atoms with Crippen molar-refractivity contribution in [1.82, 2.24) is 35.4 Å². The Bertz CT molecular complexity index is 1230. The van der Waals surface area contributed by atoms with E-state index >= 15 is 0 Å². The maximum absolute atomic E-state index is 14.7. The van der Waals surface area contributed by atoms with Crippen molar-refractivity contribution in [2.45, 2.75) is 71.8 Å². The summed E-state index contributed by atoms with van der Waals surface area (Å²) < 4.78 is 31.1. The average Bonchev–Trinajstić information content (AvgIpc) is 3.54. The number of aromatic amines is 1. The van der Waals surface area contributed by atoms with Gasteiger partial charge in [0.1, 0.15) is 5.82 Å². The lowest BCUT2D eigenvalue weighted by Gasteiger charge is -2.11. The number of hydrogen-bond donors (Lipinski definition) is 1. The van der Waals surface area contributed by atoms with Gasteiger partial charge in [-0.25, -0.2) is 14.8 Å². The van der Waals surface area contributed by atoms with Crippen LogP contribution < -0.4 is 0 Å². The number of alkyl halides is 2. The predicted octanol–water partition coefficient (Wildman–Crippen LogP) is 5.97. The Morgan fingerprint density at radius 2 is 1.78 bits per heavy atom. The fourth-order valence-electron chi connectivity index (χ4n) is 4.10. The highest BCUT2D eigenvalue weighted by atomic mass is 19.3. The Balaban J connectivity index is 1.51. The van der Waals surface area contributed by atoms with Crippen molar-refractivity contribution in [2.24, 2.45) is 5.92 Å². The molecule has 9 heteroatoms. The molecule has 2 aromatic heterocycles. The zero-order valence-corrected chi connectivity index (χ0v) is 21.1. The minimum Gasteiger partial charge on any atom is -0.245 e. The third kappa shape index (κ3) is 6.38. The number of hydrogen-bond acceptors (Lipinski definition) is 5. The van der Waals surface area contributed by atoms with E-state index < -0.39 is 5.92 Å². The van der Waals surface area contributed by atoms with Crippen molar-refractivity contribution in [1.29, 1.82) is 0 Å². The van der Waals surface area contributed by atoms with Gasteiger partial charge in [0.15, 0.2) is 5.82 Å². The third-order valence-corrected chi connectivity index (χ3v) is 6.23. The van der Waals surface area contributed by atoms with Crippen LogP contribution in [0.15, 0.2) is 48.5 Å². The Morgan fingerprint density at radius 1 is 1.03 bits per heavy atom. The maximum Gasteiger partial charge on any atom is 0.308 e. The molecule has 0 atom stereocenters. The highest BCUT2D eigenvalue weighted by molar-refractivity contribution is 5.60. The molecular weight excluding hydrogens is 460 g/mol. The van der Waals surface area contributed by atoms with Crippen LogP contribution in [-0.4, -0.2) is 35.4 Å². The number of H-pyrrole nitrogens is 1. The molecule has 2 heterocycles. The number of halogens is 2. The van der Waals surface area contributed by atoms with E-state index in [2.05, 4.69) is 62.8 Å². The van der Waals surface area contributed by atoms with Crippen LogP contribution in [0.1, 0.15) is 74.8 Å². The number of rotatable bonds is 12. The van der Waals surface area contributed by atoms with Gasteiger partial charge in [0.2, 0.25) is 5.82 Å². The molecule has 0 radical (unpaired) electrons. The summed E-state index contributed by atoms with van der Waals surface area (Å²) in [6.45, 7) is 6.55. The molecule has 4 rings (SSSR count). The van der Waals surface area contributed by atoms with Crippen molar-refractivity contribution < 1.29 is 8.78 Å². The lowest BCUT2D eigenvalue weighted by atomic mass is 9.98. The Morgan fingerprint density at radius 3 is 2.47 bits per heavy atom. The van der Waals surface area contributed by atoms with Crippen LogP contribution >= 0.6 is 0 Å². The molecule has 0 spiro atoms. The van der Waals surface area contributed by atoms with Crippen LogP contribution in [0.2, 0.25) is 0 Å². The van der Waals surface area contributed by atoms with E-state index in [0.29, 0.717) is 49.8 Å². The quantitative estimate of drug-likeness (QED) is 0.263. The van der Waals surface area contributed by atoms with Gasteiger partial charge in [-0.2, -0.15) is 8.78 Å². The molecule has 0 unspecified atom stereocenters. The van der Waals surface area contributed by atoms with E-state index in [-0.39, 0.29) is 12.2 Å². The summed E-state index contributed by atoms with van der Waals surface area (Å²) in [4.78, 5) is 4.29. The standard InChI is InChI=1S/C27H33F2N7/c1-4-5-16-27(28,29)26-30-24(15-10-19(2)3)36(33-26)18-21-13-11-20(12-14-21)17-22-8-6-7-9-23(22)25-31-34-35-32-25/h6-9,11-14,19H,4-5,10,15-18H2,1-3H3,(H,31,32,34,35). The predicted molar refractivity (Wildman–Crippen MR) is 135 cm³/mol. The van der Waals surface area contributed by atoms with E-state index in [1.54, 1.807) is 4.68 Å². The Kier molecular flexibility index (Phi) is 8.18. The Hall–Kier alpha value is -3.49. The number of unbranched alkanes of at least 4 members (excludes halogenated alkanes) is 1. The second-order valence-electron chi connectivity index (χ2n) is 9.65. The zero-order chi connectivity index (χ0) is 25.5. The lowest BCUT2D eigenvalue weighted by Crippen LogP contribution is -2.16. The van der Waals surface area contributed by atoms with E-state index in [0.717, 1.165) is 28.7 Å². The van der Waals surface area contributed by atoms with E-state index in [1.165, 1.54) is 0 Å². The molecular formula is C27H33F2N7. The molecule has 2 aromatic carbocycles. The van der Waals surface area contributed by atoms with E-state index in [4.69, 9.17) is 0 Å². The first-order valence-corrected chi connectivity index (χ1v) is 12.6. The van der Waals surface area contributed by atoms with Crippen molar-refractivity contribution in [3.05, 3.63) is 76.9 Å². The highest BCUT2D eigenvalue weighted by Gasteiger charge is 2.36. The first kappa shape index (κ1) is 25.6. The largest absolute Gasteiger partial charge is 0.308 e. The second kappa shape index (κ2) is 11.5. The molecule has 4 aromatic rings. The summed E-state index contributed by atoms with van der Waals surface area (Å²) in [5, 5.41) is 18.5. The molecule has 0 saturated carbocycles. The molecule has 190 valence electrons. The number of nitrogens with zero attached hydrogens (tertiary/aromatic N) is 6. The maximum atomic E-state index is 14.7. The lowest BCUT2D eigenvalue weighted by molar-refractivity contribution is -0.0245. The fourth-order valence-corrected chi connectivity index (χ4v) is 4.10. The minimum absolute atomic E-state index is 0.225. The first-order valence-electron chi connectivity index (χ1n) is 12.6. The van der Waals surface area contributed by atoms with Crippen molar-refractivity contribution >= 4 is 0 Å². The van der Waals surface area contributed by atoms with Gasteiger partial charge in [0.25, 0.3) is 0 Å². The highest BCUT2D eigenvalue weighted by Crippen LogP contribution is 2.31. The van der Waals surface area contributed by atoms with Crippen LogP contribution in [0.5, 0.6) is 0 Å². The number of aromatic nitrogens is 7.